The number of aliphatic hydroxyl groups excluding tert-OH is 1. The van der Waals surface area contributed by atoms with Gasteiger partial charge in [0, 0.05) is 25.3 Å². The van der Waals surface area contributed by atoms with Crippen LogP contribution >= 0.6 is 0 Å². The van der Waals surface area contributed by atoms with Crippen molar-refractivity contribution >= 4 is 29.6 Å². The molecule has 0 aromatic carbocycles. The van der Waals surface area contributed by atoms with Crippen molar-refractivity contribution in [3.8, 4) is 0 Å². The third-order valence-electron chi connectivity index (χ3n) is 8.38. The summed E-state index contributed by atoms with van der Waals surface area (Å²) < 4.78 is 0. The number of imide groups is 1. The lowest BCUT2D eigenvalue weighted by Gasteiger charge is -2.55. The Bertz CT molecular complexity index is 981. The van der Waals surface area contributed by atoms with Crippen molar-refractivity contribution in [2.24, 2.45) is 11.7 Å². The summed E-state index contributed by atoms with van der Waals surface area (Å²) in [5, 5.41) is 48.1. The third-order valence-corrected chi connectivity index (χ3v) is 8.38. The first kappa shape index (κ1) is 25.7. The monoisotopic (exact) mass is 504 g/mol. The molecule has 0 aromatic rings. The lowest BCUT2D eigenvalue weighted by molar-refractivity contribution is -0.140. The number of nitrogens with zero attached hydrogens (tertiary/aromatic N) is 2. The zero-order valence-corrected chi connectivity index (χ0v) is 20.5. The molecular weight excluding hydrogens is 468 g/mol. The van der Waals surface area contributed by atoms with Crippen molar-refractivity contribution in [1.29, 1.82) is 10.8 Å². The summed E-state index contributed by atoms with van der Waals surface area (Å²) in [5.74, 6) is -2.33. The molecule has 1 saturated carbocycles. The van der Waals surface area contributed by atoms with Crippen LogP contribution in [0.25, 0.3) is 0 Å². The standard InChI is InChI=1S/C23H36N8O5/c1-12(32)23(36)15(28-19(35)13-6-4-3-5-7-13)11-31-21(26)27-14(10-30-16(33)8-9-17(30)34)18(22(23,31)2)29-20(24)25/h13-15,18,32,36H,1,3-11H2,2H3,(H2,26,27)(H,28,35)(H4,24,25,29). The molecular formula is C23H36N8O5. The second kappa shape index (κ2) is 9.26. The average Bonchev–Trinajstić information content (AvgIpc) is 3.26. The Balaban J connectivity index is 1.70. The average molecular weight is 505 g/mol. The van der Waals surface area contributed by atoms with Crippen LogP contribution in [0, 0.1) is 16.7 Å². The summed E-state index contributed by atoms with van der Waals surface area (Å²) in [5.41, 5.74) is 1.99. The highest BCUT2D eigenvalue weighted by Crippen LogP contribution is 2.47. The molecule has 4 fully saturated rings. The fourth-order valence-electron chi connectivity index (χ4n) is 6.40. The zero-order chi connectivity index (χ0) is 26.4. The van der Waals surface area contributed by atoms with Gasteiger partial charge in [-0.2, -0.15) is 0 Å². The number of fused-ring (bicyclic) bond motifs is 1. The van der Waals surface area contributed by atoms with Gasteiger partial charge in [-0.1, -0.05) is 25.8 Å². The Labute approximate surface area is 209 Å². The highest BCUT2D eigenvalue weighted by molar-refractivity contribution is 6.02. The van der Waals surface area contributed by atoms with Crippen molar-refractivity contribution < 1.29 is 24.6 Å². The minimum Gasteiger partial charge on any atom is -0.510 e. The number of hydrogen-bond donors (Lipinski definition) is 8. The number of carbonyl (C=O) groups excluding carboxylic acids is 3. The van der Waals surface area contributed by atoms with Gasteiger partial charge in [0.15, 0.2) is 17.5 Å². The number of guanidine groups is 2. The third kappa shape index (κ3) is 3.94. The van der Waals surface area contributed by atoms with Crippen molar-refractivity contribution in [3.05, 3.63) is 12.3 Å². The van der Waals surface area contributed by atoms with Crippen molar-refractivity contribution in [2.75, 3.05) is 13.1 Å². The summed E-state index contributed by atoms with van der Waals surface area (Å²) in [6.07, 6.45) is 4.61. The number of nitrogens with one attached hydrogen (secondary N) is 5. The Kier molecular flexibility index (Phi) is 6.62. The molecule has 4 rings (SSSR count). The van der Waals surface area contributed by atoms with Gasteiger partial charge in [0.25, 0.3) is 0 Å². The highest BCUT2D eigenvalue weighted by Gasteiger charge is 2.70. The number of nitrogens with two attached hydrogens (primary N) is 1. The number of aliphatic hydroxyl groups is 2. The van der Waals surface area contributed by atoms with Gasteiger partial charge in [-0.25, -0.2) is 0 Å². The molecule has 5 atom stereocenters. The van der Waals surface area contributed by atoms with Gasteiger partial charge in [0.2, 0.25) is 17.7 Å². The first-order valence-corrected chi connectivity index (χ1v) is 12.4. The van der Waals surface area contributed by atoms with E-state index in [1.165, 1.54) is 4.90 Å². The number of likely N-dealkylation sites (tertiary alicyclic amines) is 1. The van der Waals surface area contributed by atoms with Crippen LogP contribution in [0.5, 0.6) is 0 Å². The van der Waals surface area contributed by atoms with E-state index in [0.29, 0.717) is 0 Å². The first-order chi connectivity index (χ1) is 16.9. The van der Waals surface area contributed by atoms with Gasteiger partial charge >= 0.3 is 0 Å². The van der Waals surface area contributed by atoms with Crippen LogP contribution in [0.15, 0.2) is 12.3 Å². The van der Waals surface area contributed by atoms with Crippen LogP contribution in [0.4, 0.5) is 0 Å². The van der Waals surface area contributed by atoms with E-state index in [1.54, 1.807) is 6.92 Å². The van der Waals surface area contributed by atoms with Crippen LogP contribution in [-0.2, 0) is 14.4 Å². The minimum absolute atomic E-state index is 0.0265. The fraction of sp³-hybridized carbons (Fsp3) is 0.696. The highest BCUT2D eigenvalue weighted by atomic mass is 16.3. The van der Waals surface area contributed by atoms with Crippen molar-refractivity contribution in [1.82, 2.24) is 25.8 Å². The Morgan fingerprint density at radius 3 is 2.39 bits per heavy atom. The lowest BCUT2D eigenvalue weighted by Crippen LogP contribution is -2.81. The van der Waals surface area contributed by atoms with E-state index in [2.05, 4.69) is 22.5 Å². The second-order valence-corrected chi connectivity index (χ2v) is 10.4. The maximum absolute atomic E-state index is 13.1. The summed E-state index contributed by atoms with van der Waals surface area (Å²) in [4.78, 5) is 40.3. The lowest BCUT2D eigenvalue weighted by atomic mass is 9.70. The van der Waals surface area contributed by atoms with E-state index in [-0.39, 0.29) is 55.5 Å². The second-order valence-electron chi connectivity index (χ2n) is 10.4. The number of amides is 3. The maximum atomic E-state index is 13.1. The number of hydrogen-bond acceptors (Lipinski definition) is 7. The topological polar surface area (TPSA) is 208 Å². The molecule has 5 unspecified atom stereocenters. The molecule has 3 heterocycles. The molecule has 0 bridgehead atoms. The van der Waals surface area contributed by atoms with E-state index in [0.717, 1.165) is 37.0 Å². The van der Waals surface area contributed by atoms with E-state index in [9.17, 15) is 24.6 Å². The molecule has 198 valence electrons. The first-order valence-electron chi connectivity index (χ1n) is 12.4. The molecule has 0 aromatic heterocycles. The molecule has 9 N–H and O–H groups in total. The molecule has 0 radical (unpaired) electrons. The van der Waals surface area contributed by atoms with Crippen molar-refractivity contribution in [2.45, 2.75) is 81.1 Å². The summed E-state index contributed by atoms with van der Waals surface area (Å²) in [6, 6.07) is -2.84. The molecule has 13 heteroatoms. The number of carbonyl (C=O) groups is 3. The molecule has 0 spiro atoms. The summed E-state index contributed by atoms with van der Waals surface area (Å²) >= 11 is 0. The summed E-state index contributed by atoms with van der Waals surface area (Å²) in [6.45, 7) is 5.03. The normalized spacial score (nSPS) is 34.8. The molecule has 3 aliphatic heterocycles. The molecule has 3 saturated heterocycles. The van der Waals surface area contributed by atoms with Crippen molar-refractivity contribution in [3.63, 3.8) is 0 Å². The van der Waals surface area contributed by atoms with Gasteiger partial charge in [-0.05, 0) is 19.8 Å². The van der Waals surface area contributed by atoms with Crippen LogP contribution in [-0.4, -0.2) is 92.0 Å². The Hall–Kier alpha value is -3.35. The van der Waals surface area contributed by atoms with Gasteiger partial charge in [0.05, 0.1) is 24.7 Å². The van der Waals surface area contributed by atoms with Gasteiger partial charge in [0.1, 0.15) is 11.3 Å². The quantitative estimate of drug-likeness (QED) is 0.0947. The SMILES string of the molecule is C=C(O)C1(O)C(NC(=O)C2CCCCC2)CN2C(=N)NC(CN3C(=O)CCC3=O)C(NC(=N)N)C21C. The van der Waals surface area contributed by atoms with Crippen LogP contribution in [0.2, 0.25) is 0 Å². The molecule has 1 aliphatic carbocycles. The van der Waals surface area contributed by atoms with Crippen LogP contribution in [0.1, 0.15) is 51.9 Å². The molecule has 3 amide bonds. The summed E-state index contributed by atoms with van der Waals surface area (Å²) in [7, 11) is 0. The molecule has 36 heavy (non-hydrogen) atoms. The molecule has 13 nitrogen and oxygen atoms in total. The van der Waals surface area contributed by atoms with Gasteiger partial charge < -0.3 is 36.8 Å². The maximum Gasteiger partial charge on any atom is 0.229 e. The van der Waals surface area contributed by atoms with E-state index in [4.69, 9.17) is 16.6 Å². The predicted octanol–water partition coefficient (Wildman–Crippen LogP) is -1.16. The predicted molar refractivity (Wildman–Crippen MR) is 130 cm³/mol. The van der Waals surface area contributed by atoms with Gasteiger partial charge in [-0.3, -0.25) is 30.1 Å². The fourth-order valence-corrected chi connectivity index (χ4v) is 6.40. The number of rotatable bonds is 6. The largest absolute Gasteiger partial charge is 0.510 e. The van der Waals surface area contributed by atoms with Gasteiger partial charge in [-0.15, -0.1) is 0 Å². The van der Waals surface area contributed by atoms with Crippen LogP contribution < -0.4 is 21.7 Å². The Morgan fingerprint density at radius 2 is 1.83 bits per heavy atom. The zero-order valence-electron chi connectivity index (χ0n) is 20.5. The van der Waals surface area contributed by atoms with E-state index >= 15 is 0 Å². The smallest absolute Gasteiger partial charge is 0.229 e. The van der Waals surface area contributed by atoms with E-state index in [1.807, 2.05) is 0 Å². The van der Waals surface area contributed by atoms with E-state index < -0.39 is 41.0 Å². The molecule has 4 aliphatic rings. The Morgan fingerprint density at radius 1 is 1.22 bits per heavy atom. The van der Waals surface area contributed by atoms with Crippen LogP contribution in [0.3, 0.4) is 0 Å². The minimum atomic E-state index is -2.16.